The molecule has 33 heavy (non-hydrogen) atoms. The van der Waals surface area contributed by atoms with E-state index in [4.69, 9.17) is 4.74 Å². The molecule has 0 bridgehead atoms. The smallest absolute Gasteiger partial charge is 0.251 e. The van der Waals surface area contributed by atoms with Crippen molar-refractivity contribution in [3.8, 4) is 0 Å². The van der Waals surface area contributed by atoms with Crippen LogP contribution in [0.4, 0.5) is 5.69 Å². The summed E-state index contributed by atoms with van der Waals surface area (Å²) < 4.78 is 32.0. The largest absolute Gasteiger partial charge is 0.379 e. The van der Waals surface area contributed by atoms with Gasteiger partial charge in [0.15, 0.2) is 0 Å². The summed E-state index contributed by atoms with van der Waals surface area (Å²) in [7, 11) is -3.61. The molecule has 1 N–H and O–H groups in total. The molecule has 0 radical (unpaired) electrons. The number of benzene rings is 2. The zero-order chi connectivity index (χ0) is 23.3. The highest BCUT2D eigenvalue weighted by Gasteiger charge is 2.26. The van der Waals surface area contributed by atoms with Gasteiger partial charge in [0.2, 0.25) is 15.9 Å². The lowest BCUT2D eigenvalue weighted by molar-refractivity contribution is -0.130. The third kappa shape index (κ3) is 5.52. The van der Waals surface area contributed by atoms with E-state index in [0.29, 0.717) is 45.0 Å². The number of amides is 2. The number of piperazine rings is 1. The van der Waals surface area contributed by atoms with Gasteiger partial charge in [-0.15, -0.1) is 0 Å². The van der Waals surface area contributed by atoms with E-state index < -0.39 is 15.9 Å². The van der Waals surface area contributed by atoms with Gasteiger partial charge < -0.3 is 19.9 Å². The molecule has 0 spiro atoms. The number of nitrogens with zero attached hydrogens (tertiary/aromatic N) is 3. The lowest BCUT2D eigenvalue weighted by Gasteiger charge is -2.36. The van der Waals surface area contributed by atoms with Gasteiger partial charge in [-0.1, -0.05) is 18.2 Å². The number of ether oxygens (including phenoxy) is 1. The van der Waals surface area contributed by atoms with Crippen LogP contribution in [0.2, 0.25) is 0 Å². The summed E-state index contributed by atoms with van der Waals surface area (Å²) in [5, 5.41) is 2.64. The molecule has 2 aromatic rings. The van der Waals surface area contributed by atoms with E-state index in [1.54, 1.807) is 4.90 Å². The number of carbonyl (C=O) groups is 2. The number of carbonyl (C=O) groups excluding carboxylic acids is 2. The summed E-state index contributed by atoms with van der Waals surface area (Å²) in [5.41, 5.74) is 1.44. The molecule has 4 rings (SSSR count). The lowest BCUT2D eigenvalue weighted by atomic mass is 10.2. The molecule has 0 aliphatic carbocycles. The summed E-state index contributed by atoms with van der Waals surface area (Å²) in [6, 6.07) is 15.8. The van der Waals surface area contributed by atoms with Crippen molar-refractivity contribution in [2.24, 2.45) is 0 Å². The molecule has 2 aromatic carbocycles. The Labute approximate surface area is 194 Å². The van der Waals surface area contributed by atoms with Crippen molar-refractivity contribution in [1.29, 1.82) is 0 Å². The third-order valence-electron chi connectivity index (χ3n) is 5.88. The van der Waals surface area contributed by atoms with Crippen molar-refractivity contribution in [2.45, 2.75) is 4.90 Å². The van der Waals surface area contributed by atoms with Crippen LogP contribution in [0.25, 0.3) is 0 Å². The standard InChI is InChI=1S/C23H28N4O5S/c28-22(26-12-10-25(11-13-26)20-4-2-1-3-5-20)18-24-23(29)19-6-8-21(9-7-19)33(30,31)27-14-16-32-17-15-27/h1-9H,10-18H2,(H,24,29). The lowest BCUT2D eigenvalue weighted by Crippen LogP contribution is -2.51. The number of nitrogens with one attached hydrogen (secondary N) is 1. The number of anilines is 1. The summed E-state index contributed by atoms with van der Waals surface area (Å²) in [4.78, 5) is 29.1. The molecular formula is C23H28N4O5S. The first-order valence-electron chi connectivity index (χ1n) is 11.0. The van der Waals surface area contributed by atoms with Crippen molar-refractivity contribution in [3.63, 3.8) is 0 Å². The molecule has 10 heteroatoms. The van der Waals surface area contributed by atoms with E-state index in [-0.39, 0.29) is 17.3 Å². The topological polar surface area (TPSA) is 99.3 Å². The van der Waals surface area contributed by atoms with Crippen LogP contribution in [0.15, 0.2) is 59.5 Å². The van der Waals surface area contributed by atoms with Gasteiger partial charge in [0.05, 0.1) is 24.7 Å². The van der Waals surface area contributed by atoms with Crippen LogP contribution >= 0.6 is 0 Å². The number of rotatable bonds is 6. The second kappa shape index (κ2) is 10.3. The van der Waals surface area contributed by atoms with Gasteiger partial charge in [-0.05, 0) is 36.4 Å². The molecule has 2 heterocycles. The van der Waals surface area contributed by atoms with E-state index in [0.717, 1.165) is 18.8 Å². The van der Waals surface area contributed by atoms with Crippen LogP contribution in [-0.2, 0) is 19.6 Å². The molecule has 0 unspecified atom stereocenters. The normalized spacial score (nSPS) is 17.6. The quantitative estimate of drug-likeness (QED) is 0.667. The summed E-state index contributed by atoms with van der Waals surface area (Å²) >= 11 is 0. The van der Waals surface area contributed by atoms with Crippen molar-refractivity contribution in [1.82, 2.24) is 14.5 Å². The summed E-state index contributed by atoms with van der Waals surface area (Å²) in [6.45, 7) is 3.93. The maximum absolute atomic E-state index is 12.7. The molecule has 9 nitrogen and oxygen atoms in total. The van der Waals surface area contributed by atoms with Crippen molar-refractivity contribution in [2.75, 3.05) is 63.9 Å². The van der Waals surface area contributed by atoms with Gasteiger partial charge in [-0.25, -0.2) is 8.42 Å². The Morgan fingerprint density at radius 2 is 1.48 bits per heavy atom. The SMILES string of the molecule is O=C(NCC(=O)N1CCN(c2ccccc2)CC1)c1ccc(S(=O)(=O)N2CCOCC2)cc1. The van der Waals surface area contributed by atoms with Crippen molar-refractivity contribution < 1.29 is 22.7 Å². The Hall–Kier alpha value is -2.95. The molecule has 0 atom stereocenters. The van der Waals surface area contributed by atoms with E-state index >= 15 is 0 Å². The average Bonchev–Trinajstić information content (AvgIpc) is 2.88. The first-order chi connectivity index (χ1) is 15.9. The predicted octanol–water partition coefficient (Wildman–Crippen LogP) is 0.786. The number of sulfonamides is 1. The number of morpholine rings is 1. The minimum Gasteiger partial charge on any atom is -0.379 e. The molecule has 176 valence electrons. The van der Waals surface area contributed by atoms with Crippen LogP contribution in [0.5, 0.6) is 0 Å². The molecule has 2 fully saturated rings. The van der Waals surface area contributed by atoms with Gasteiger partial charge in [0.25, 0.3) is 5.91 Å². The van der Waals surface area contributed by atoms with E-state index in [1.165, 1.54) is 28.6 Å². The molecule has 0 aromatic heterocycles. The number of hydrogen-bond acceptors (Lipinski definition) is 6. The van der Waals surface area contributed by atoms with Crippen LogP contribution < -0.4 is 10.2 Å². The monoisotopic (exact) mass is 472 g/mol. The third-order valence-corrected chi connectivity index (χ3v) is 7.79. The highest BCUT2D eigenvalue weighted by atomic mass is 32.2. The zero-order valence-corrected chi connectivity index (χ0v) is 19.2. The molecule has 2 amide bonds. The Morgan fingerprint density at radius 1 is 0.848 bits per heavy atom. The second-order valence-corrected chi connectivity index (χ2v) is 9.86. The van der Waals surface area contributed by atoms with Crippen LogP contribution in [-0.4, -0.2) is 88.5 Å². The van der Waals surface area contributed by atoms with Crippen LogP contribution in [0.3, 0.4) is 0 Å². The Bertz CT molecular complexity index is 1060. The fourth-order valence-electron chi connectivity index (χ4n) is 3.94. The van der Waals surface area contributed by atoms with Crippen molar-refractivity contribution in [3.05, 3.63) is 60.2 Å². The van der Waals surface area contributed by atoms with E-state index in [2.05, 4.69) is 22.3 Å². The van der Waals surface area contributed by atoms with Gasteiger partial charge in [-0.3, -0.25) is 9.59 Å². The van der Waals surface area contributed by atoms with Gasteiger partial charge >= 0.3 is 0 Å². The highest BCUT2D eigenvalue weighted by molar-refractivity contribution is 7.89. The highest BCUT2D eigenvalue weighted by Crippen LogP contribution is 2.18. The first-order valence-corrected chi connectivity index (χ1v) is 12.4. The summed E-state index contributed by atoms with van der Waals surface area (Å²) in [5.74, 6) is -0.552. The van der Waals surface area contributed by atoms with Gasteiger partial charge in [0, 0.05) is 50.5 Å². The first kappa shape index (κ1) is 23.2. The molecule has 2 aliphatic heterocycles. The van der Waals surface area contributed by atoms with Gasteiger partial charge in [-0.2, -0.15) is 4.31 Å². The Morgan fingerprint density at radius 3 is 2.12 bits per heavy atom. The predicted molar refractivity (Wildman–Crippen MR) is 124 cm³/mol. The fraction of sp³-hybridized carbons (Fsp3) is 0.391. The fourth-order valence-corrected chi connectivity index (χ4v) is 5.34. The minimum absolute atomic E-state index is 0.0992. The number of hydrogen-bond donors (Lipinski definition) is 1. The molecular weight excluding hydrogens is 444 g/mol. The summed E-state index contributed by atoms with van der Waals surface area (Å²) in [6.07, 6.45) is 0. The Kier molecular flexibility index (Phi) is 7.26. The van der Waals surface area contributed by atoms with E-state index in [9.17, 15) is 18.0 Å². The minimum atomic E-state index is -3.61. The molecule has 2 saturated heterocycles. The zero-order valence-electron chi connectivity index (χ0n) is 18.4. The molecule has 2 aliphatic rings. The Balaban J connectivity index is 1.27. The second-order valence-electron chi connectivity index (χ2n) is 7.93. The molecule has 0 saturated carbocycles. The average molecular weight is 473 g/mol. The van der Waals surface area contributed by atoms with Crippen LogP contribution in [0, 0.1) is 0 Å². The maximum Gasteiger partial charge on any atom is 0.251 e. The van der Waals surface area contributed by atoms with Gasteiger partial charge in [0.1, 0.15) is 0 Å². The van der Waals surface area contributed by atoms with Crippen LogP contribution in [0.1, 0.15) is 10.4 Å². The maximum atomic E-state index is 12.7. The van der Waals surface area contributed by atoms with E-state index in [1.807, 2.05) is 18.2 Å². The number of para-hydroxylation sites is 1. The van der Waals surface area contributed by atoms with Crippen molar-refractivity contribution >= 4 is 27.5 Å².